The van der Waals surface area contributed by atoms with Crippen molar-refractivity contribution in [3.8, 4) is 5.75 Å². The zero-order chi connectivity index (χ0) is 16.4. The Bertz CT molecular complexity index is 749. The third-order valence-corrected chi connectivity index (χ3v) is 4.71. The van der Waals surface area contributed by atoms with E-state index >= 15 is 0 Å². The molecule has 1 N–H and O–H groups in total. The van der Waals surface area contributed by atoms with E-state index in [2.05, 4.69) is 16.8 Å². The molecule has 1 aromatic heterocycles. The minimum atomic E-state index is -0.414. The summed E-state index contributed by atoms with van der Waals surface area (Å²) in [6, 6.07) is 3.24. The zero-order valence-electron chi connectivity index (χ0n) is 13.7. The van der Waals surface area contributed by atoms with E-state index in [1.807, 2.05) is 6.92 Å². The molecular formula is C18H23FN2O2. The lowest BCUT2D eigenvalue weighted by Crippen LogP contribution is -2.38. The molecule has 23 heavy (non-hydrogen) atoms. The zero-order valence-corrected chi connectivity index (χ0v) is 13.7. The van der Waals surface area contributed by atoms with E-state index in [-0.39, 0.29) is 17.4 Å². The summed E-state index contributed by atoms with van der Waals surface area (Å²) in [6.45, 7) is 7.10. The van der Waals surface area contributed by atoms with E-state index in [1.165, 1.54) is 0 Å². The number of fused-ring (bicyclic) bond motifs is 1. The highest BCUT2D eigenvalue weighted by molar-refractivity contribution is 5.86. The molecular weight excluding hydrogens is 295 g/mol. The predicted molar refractivity (Wildman–Crippen MR) is 89.7 cm³/mol. The van der Waals surface area contributed by atoms with E-state index in [0.29, 0.717) is 17.2 Å². The fourth-order valence-electron chi connectivity index (χ4n) is 3.26. The number of nitrogens with zero attached hydrogens (tertiary/aromatic N) is 1. The lowest BCUT2D eigenvalue weighted by molar-refractivity contribution is 0.100. The van der Waals surface area contributed by atoms with Crippen LogP contribution in [-0.2, 0) is 6.42 Å². The highest BCUT2D eigenvalue weighted by Gasteiger charge is 2.22. The van der Waals surface area contributed by atoms with Crippen molar-refractivity contribution in [2.45, 2.75) is 39.2 Å². The summed E-state index contributed by atoms with van der Waals surface area (Å²) in [6.07, 6.45) is 4.10. The van der Waals surface area contributed by atoms with Crippen LogP contribution in [0.15, 0.2) is 23.1 Å². The molecule has 0 radical (unpaired) electrons. The Hall–Kier alpha value is -1.88. The van der Waals surface area contributed by atoms with Crippen LogP contribution in [0.4, 0.5) is 4.39 Å². The van der Waals surface area contributed by atoms with Crippen molar-refractivity contribution < 1.29 is 9.13 Å². The molecule has 1 saturated heterocycles. The molecule has 1 aliphatic heterocycles. The molecule has 0 bridgehead atoms. The van der Waals surface area contributed by atoms with E-state index < -0.39 is 5.82 Å². The molecule has 0 unspecified atom stereocenters. The number of likely N-dealkylation sites (tertiary alicyclic amines) is 1. The Kier molecular flexibility index (Phi) is 4.66. The van der Waals surface area contributed by atoms with Gasteiger partial charge in [0, 0.05) is 24.7 Å². The predicted octanol–water partition coefficient (Wildman–Crippen LogP) is 3.09. The average molecular weight is 318 g/mol. The van der Waals surface area contributed by atoms with Crippen LogP contribution in [0, 0.1) is 5.82 Å². The molecule has 0 amide bonds. The van der Waals surface area contributed by atoms with Gasteiger partial charge in [-0.25, -0.2) is 4.39 Å². The number of aromatic nitrogens is 1. The van der Waals surface area contributed by atoms with Gasteiger partial charge in [0.25, 0.3) is 5.56 Å². The lowest BCUT2D eigenvalue weighted by Gasteiger charge is -2.31. The van der Waals surface area contributed by atoms with Crippen molar-refractivity contribution >= 4 is 10.8 Å². The van der Waals surface area contributed by atoms with E-state index in [0.717, 1.165) is 38.0 Å². The number of rotatable bonds is 4. The fourth-order valence-corrected chi connectivity index (χ4v) is 3.26. The summed E-state index contributed by atoms with van der Waals surface area (Å²) < 4.78 is 20.8. The fraction of sp³-hybridized carbons (Fsp3) is 0.500. The van der Waals surface area contributed by atoms with Crippen molar-refractivity contribution in [1.29, 1.82) is 0 Å². The van der Waals surface area contributed by atoms with Crippen LogP contribution in [0.1, 0.15) is 32.3 Å². The highest BCUT2D eigenvalue weighted by atomic mass is 19.1. The second-order valence-corrected chi connectivity index (χ2v) is 6.05. The molecule has 2 aromatic rings. The second-order valence-electron chi connectivity index (χ2n) is 6.05. The summed E-state index contributed by atoms with van der Waals surface area (Å²) >= 11 is 0. The molecule has 0 aliphatic carbocycles. The number of hydrogen-bond donors (Lipinski definition) is 1. The third kappa shape index (κ3) is 3.11. The summed E-state index contributed by atoms with van der Waals surface area (Å²) in [5, 5.41) is 0.773. The maximum absolute atomic E-state index is 14.9. The Labute approximate surface area is 135 Å². The number of ether oxygens (including phenoxy) is 1. The first-order valence-corrected chi connectivity index (χ1v) is 8.35. The van der Waals surface area contributed by atoms with Crippen molar-refractivity contribution in [2.24, 2.45) is 0 Å². The monoisotopic (exact) mass is 318 g/mol. The number of benzene rings is 1. The smallest absolute Gasteiger partial charge is 0.255 e. The molecule has 2 heterocycles. The van der Waals surface area contributed by atoms with Gasteiger partial charge < -0.3 is 14.6 Å². The molecule has 0 spiro atoms. The van der Waals surface area contributed by atoms with Gasteiger partial charge in [0.05, 0.1) is 5.39 Å². The first-order valence-electron chi connectivity index (χ1n) is 8.35. The topological polar surface area (TPSA) is 45.3 Å². The van der Waals surface area contributed by atoms with Gasteiger partial charge in [-0.2, -0.15) is 0 Å². The number of halogens is 1. The van der Waals surface area contributed by atoms with Crippen molar-refractivity contribution in [3.63, 3.8) is 0 Å². The minimum absolute atomic E-state index is 0.0387. The largest absolute Gasteiger partial charge is 0.487 e. The molecule has 5 heteroatoms. The van der Waals surface area contributed by atoms with E-state index in [9.17, 15) is 9.18 Å². The van der Waals surface area contributed by atoms with Gasteiger partial charge >= 0.3 is 0 Å². The Balaban J connectivity index is 1.90. The van der Waals surface area contributed by atoms with Crippen LogP contribution in [-0.4, -0.2) is 35.6 Å². The van der Waals surface area contributed by atoms with Crippen molar-refractivity contribution in [1.82, 2.24) is 9.88 Å². The third-order valence-electron chi connectivity index (χ3n) is 4.71. The van der Waals surface area contributed by atoms with Gasteiger partial charge in [-0.3, -0.25) is 4.79 Å². The number of H-pyrrole nitrogens is 1. The van der Waals surface area contributed by atoms with Crippen LogP contribution in [0.25, 0.3) is 10.8 Å². The Morgan fingerprint density at radius 3 is 2.70 bits per heavy atom. The van der Waals surface area contributed by atoms with Gasteiger partial charge in [-0.05, 0) is 43.5 Å². The van der Waals surface area contributed by atoms with Crippen LogP contribution < -0.4 is 10.3 Å². The van der Waals surface area contributed by atoms with Gasteiger partial charge in [0.2, 0.25) is 0 Å². The molecule has 1 aromatic carbocycles. The number of nitrogens with one attached hydrogen (secondary N) is 1. The summed E-state index contributed by atoms with van der Waals surface area (Å²) in [5.41, 5.74) is 0.530. The molecule has 0 saturated carbocycles. The van der Waals surface area contributed by atoms with Crippen LogP contribution >= 0.6 is 0 Å². The quantitative estimate of drug-likeness (QED) is 0.942. The van der Waals surface area contributed by atoms with Gasteiger partial charge in [0.15, 0.2) is 11.6 Å². The normalized spacial score (nSPS) is 16.8. The van der Waals surface area contributed by atoms with E-state index in [1.54, 1.807) is 18.3 Å². The van der Waals surface area contributed by atoms with Crippen molar-refractivity contribution in [3.05, 3.63) is 40.1 Å². The summed E-state index contributed by atoms with van der Waals surface area (Å²) in [5.74, 6) is -0.156. The summed E-state index contributed by atoms with van der Waals surface area (Å²) in [7, 11) is 0. The number of hydrogen-bond acceptors (Lipinski definition) is 3. The molecule has 1 fully saturated rings. The standard InChI is InChI=1S/C18H23FN2O2/c1-3-12-11-20-18(22)14-5-6-15(17(19)16(12)14)23-13-7-9-21(4-2)10-8-13/h5-6,11,13H,3-4,7-10H2,1-2H3,(H,20,22). The maximum Gasteiger partial charge on any atom is 0.255 e. The first-order chi connectivity index (χ1) is 11.1. The minimum Gasteiger partial charge on any atom is -0.487 e. The Morgan fingerprint density at radius 1 is 1.30 bits per heavy atom. The molecule has 1 aliphatic rings. The molecule has 4 nitrogen and oxygen atoms in total. The number of aryl methyl sites for hydroxylation is 1. The molecule has 3 rings (SSSR count). The van der Waals surface area contributed by atoms with Crippen LogP contribution in [0.3, 0.4) is 0 Å². The highest BCUT2D eigenvalue weighted by Crippen LogP contribution is 2.29. The number of pyridine rings is 1. The summed E-state index contributed by atoms with van der Waals surface area (Å²) in [4.78, 5) is 16.9. The molecule has 124 valence electrons. The number of piperidine rings is 1. The van der Waals surface area contributed by atoms with Crippen LogP contribution in [0.2, 0.25) is 0 Å². The molecule has 0 atom stereocenters. The van der Waals surface area contributed by atoms with Gasteiger partial charge in [-0.15, -0.1) is 0 Å². The maximum atomic E-state index is 14.9. The van der Waals surface area contributed by atoms with Gasteiger partial charge in [0.1, 0.15) is 6.10 Å². The van der Waals surface area contributed by atoms with E-state index in [4.69, 9.17) is 4.74 Å². The Morgan fingerprint density at radius 2 is 2.04 bits per heavy atom. The second kappa shape index (κ2) is 6.71. The van der Waals surface area contributed by atoms with Crippen LogP contribution in [0.5, 0.6) is 5.75 Å². The SMILES string of the molecule is CCc1c[nH]c(=O)c2ccc(OC3CCN(CC)CC3)c(F)c12. The average Bonchev–Trinajstić information content (AvgIpc) is 2.58. The number of aromatic amines is 1. The van der Waals surface area contributed by atoms with Crippen molar-refractivity contribution in [2.75, 3.05) is 19.6 Å². The lowest BCUT2D eigenvalue weighted by atomic mass is 10.0. The first kappa shape index (κ1) is 16.0. The van der Waals surface area contributed by atoms with Gasteiger partial charge in [-0.1, -0.05) is 13.8 Å².